The number of nitrogens with two attached hydrogens (primary N) is 1. The minimum Gasteiger partial charge on any atom is -0.310 e. The second kappa shape index (κ2) is 5.15. The Morgan fingerprint density at radius 3 is 2.67 bits per heavy atom. The van der Waals surface area contributed by atoms with Gasteiger partial charge in [0.2, 0.25) is 10.0 Å². The molecular formula is C8H14N4O2S. The van der Waals surface area contributed by atoms with Crippen LogP contribution in [0.25, 0.3) is 0 Å². The molecule has 0 aliphatic carbocycles. The highest BCUT2D eigenvalue weighted by Crippen LogP contribution is 1.92. The van der Waals surface area contributed by atoms with Crippen molar-refractivity contribution in [2.24, 2.45) is 5.14 Å². The third kappa shape index (κ3) is 5.40. The lowest BCUT2D eigenvalue weighted by molar-refractivity contribution is 0.591. The molecule has 84 valence electrons. The van der Waals surface area contributed by atoms with Crippen molar-refractivity contribution in [2.75, 3.05) is 12.3 Å². The quantitative estimate of drug-likeness (QED) is 0.643. The van der Waals surface area contributed by atoms with Crippen LogP contribution in [0.4, 0.5) is 0 Å². The van der Waals surface area contributed by atoms with Crippen molar-refractivity contribution >= 4 is 10.0 Å². The standard InChI is InChI=1S/C8H14N4O2S/c1-7-4-12-8(6-11-7)5-10-2-3-15(9,13)14/h4,6,10H,2-3,5H2,1H3,(H2,9,13,14). The Labute approximate surface area is 89.0 Å². The van der Waals surface area contributed by atoms with E-state index in [1.54, 1.807) is 12.4 Å². The molecule has 0 atom stereocenters. The highest BCUT2D eigenvalue weighted by Gasteiger charge is 2.01. The minimum atomic E-state index is -3.38. The van der Waals surface area contributed by atoms with Gasteiger partial charge in [0.15, 0.2) is 0 Å². The van der Waals surface area contributed by atoms with E-state index in [-0.39, 0.29) is 5.75 Å². The first-order valence-corrected chi connectivity index (χ1v) is 6.17. The van der Waals surface area contributed by atoms with Crippen LogP contribution in [0.3, 0.4) is 0 Å². The van der Waals surface area contributed by atoms with Crippen LogP contribution in [0.1, 0.15) is 11.4 Å². The van der Waals surface area contributed by atoms with E-state index >= 15 is 0 Å². The molecule has 0 saturated carbocycles. The van der Waals surface area contributed by atoms with Gasteiger partial charge in [-0.25, -0.2) is 13.6 Å². The van der Waals surface area contributed by atoms with E-state index < -0.39 is 10.0 Å². The molecule has 15 heavy (non-hydrogen) atoms. The summed E-state index contributed by atoms with van der Waals surface area (Å²) >= 11 is 0. The van der Waals surface area contributed by atoms with E-state index in [0.717, 1.165) is 11.4 Å². The Bertz CT molecular complexity index is 401. The van der Waals surface area contributed by atoms with Crippen LogP contribution in [0.2, 0.25) is 0 Å². The Kier molecular flexibility index (Phi) is 4.13. The second-order valence-electron chi connectivity index (χ2n) is 3.19. The molecule has 0 spiro atoms. The molecule has 0 radical (unpaired) electrons. The molecule has 0 fully saturated rings. The molecule has 0 bridgehead atoms. The Morgan fingerprint density at radius 2 is 2.13 bits per heavy atom. The zero-order valence-electron chi connectivity index (χ0n) is 8.47. The molecule has 0 aliphatic rings. The maximum absolute atomic E-state index is 10.6. The molecule has 1 aromatic heterocycles. The maximum atomic E-state index is 10.6. The Morgan fingerprint density at radius 1 is 1.40 bits per heavy atom. The number of nitrogens with zero attached hydrogens (tertiary/aromatic N) is 2. The lowest BCUT2D eigenvalue weighted by Gasteiger charge is -2.02. The normalized spacial score (nSPS) is 11.6. The summed E-state index contributed by atoms with van der Waals surface area (Å²) in [6.07, 6.45) is 3.32. The van der Waals surface area contributed by atoms with Gasteiger partial charge in [0.1, 0.15) is 0 Å². The zero-order chi connectivity index (χ0) is 11.3. The van der Waals surface area contributed by atoms with E-state index in [2.05, 4.69) is 15.3 Å². The van der Waals surface area contributed by atoms with Gasteiger partial charge in [-0.2, -0.15) is 0 Å². The number of hydrogen-bond acceptors (Lipinski definition) is 5. The van der Waals surface area contributed by atoms with Crippen LogP contribution in [0.15, 0.2) is 12.4 Å². The van der Waals surface area contributed by atoms with Crippen molar-refractivity contribution in [1.29, 1.82) is 0 Å². The molecular weight excluding hydrogens is 216 g/mol. The summed E-state index contributed by atoms with van der Waals surface area (Å²) in [7, 11) is -3.38. The molecule has 0 saturated heterocycles. The average Bonchev–Trinajstić information content (AvgIpc) is 2.14. The monoisotopic (exact) mass is 230 g/mol. The average molecular weight is 230 g/mol. The molecule has 6 nitrogen and oxygen atoms in total. The topological polar surface area (TPSA) is 98.0 Å². The van der Waals surface area contributed by atoms with Gasteiger partial charge in [-0.15, -0.1) is 0 Å². The fourth-order valence-corrected chi connectivity index (χ4v) is 1.37. The van der Waals surface area contributed by atoms with Crippen LogP contribution >= 0.6 is 0 Å². The van der Waals surface area contributed by atoms with Crippen LogP contribution in [0.5, 0.6) is 0 Å². The van der Waals surface area contributed by atoms with E-state index in [0.29, 0.717) is 13.1 Å². The number of aromatic nitrogens is 2. The van der Waals surface area contributed by atoms with Gasteiger partial charge >= 0.3 is 0 Å². The third-order valence-corrected chi connectivity index (χ3v) is 2.48. The first-order valence-electron chi connectivity index (χ1n) is 4.46. The number of sulfonamides is 1. The number of nitrogens with one attached hydrogen (secondary N) is 1. The maximum Gasteiger partial charge on any atom is 0.210 e. The smallest absolute Gasteiger partial charge is 0.210 e. The Hall–Kier alpha value is -1.05. The third-order valence-electron chi connectivity index (χ3n) is 1.70. The van der Waals surface area contributed by atoms with E-state index in [1.807, 2.05) is 6.92 Å². The Balaban J connectivity index is 2.29. The van der Waals surface area contributed by atoms with Gasteiger partial charge in [0.25, 0.3) is 0 Å². The molecule has 1 aromatic rings. The summed E-state index contributed by atoms with van der Waals surface area (Å²) in [5.41, 5.74) is 1.62. The fourth-order valence-electron chi connectivity index (χ4n) is 0.941. The van der Waals surface area contributed by atoms with E-state index in [4.69, 9.17) is 5.14 Å². The number of primary sulfonamides is 1. The lowest BCUT2D eigenvalue weighted by Crippen LogP contribution is -2.27. The van der Waals surface area contributed by atoms with E-state index in [9.17, 15) is 8.42 Å². The van der Waals surface area contributed by atoms with Gasteiger partial charge in [0, 0.05) is 25.5 Å². The molecule has 0 aromatic carbocycles. The number of rotatable bonds is 5. The van der Waals surface area contributed by atoms with Crippen molar-refractivity contribution < 1.29 is 8.42 Å². The molecule has 0 aliphatic heterocycles. The van der Waals surface area contributed by atoms with Crippen LogP contribution in [0, 0.1) is 6.92 Å². The van der Waals surface area contributed by atoms with Gasteiger partial charge in [0.05, 0.1) is 17.1 Å². The summed E-state index contributed by atoms with van der Waals surface area (Å²) in [4.78, 5) is 8.17. The van der Waals surface area contributed by atoms with Crippen LogP contribution in [-0.4, -0.2) is 30.7 Å². The summed E-state index contributed by atoms with van der Waals surface area (Å²) < 4.78 is 21.2. The highest BCUT2D eigenvalue weighted by molar-refractivity contribution is 7.89. The molecule has 7 heteroatoms. The van der Waals surface area contributed by atoms with E-state index in [1.165, 1.54) is 0 Å². The molecule has 0 amide bonds. The zero-order valence-corrected chi connectivity index (χ0v) is 9.29. The second-order valence-corrected chi connectivity index (χ2v) is 4.93. The molecule has 1 rings (SSSR count). The predicted octanol–water partition coefficient (Wildman–Crippen LogP) is -0.837. The van der Waals surface area contributed by atoms with Crippen molar-refractivity contribution in [3.63, 3.8) is 0 Å². The van der Waals surface area contributed by atoms with Gasteiger partial charge in [-0.1, -0.05) is 0 Å². The van der Waals surface area contributed by atoms with Crippen LogP contribution < -0.4 is 10.5 Å². The van der Waals surface area contributed by atoms with Crippen LogP contribution in [-0.2, 0) is 16.6 Å². The van der Waals surface area contributed by atoms with Crippen molar-refractivity contribution in [1.82, 2.24) is 15.3 Å². The van der Waals surface area contributed by atoms with Gasteiger partial charge in [-0.3, -0.25) is 9.97 Å². The summed E-state index contributed by atoms with van der Waals surface area (Å²) in [6.45, 7) is 2.66. The van der Waals surface area contributed by atoms with Gasteiger partial charge < -0.3 is 5.32 Å². The number of aryl methyl sites for hydroxylation is 1. The van der Waals surface area contributed by atoms with Crippen molar-refractivity contribution in [3.05, 3.63) is 23.8 Å². The molecule has 3 N–H and O–H groups in total. The number of hydrogen-bond donors (Lipinski definition) is 2. The first kappa shape index (κ1) is 12.0. The lowest BCUT2D eigenvalue weighted by atomic mass is 10.4. The SMILES string of the molecule is Cc1cnc(CNCCS(N)(=O)=O)cn1. The first-order chi connectivity index (χ1) is 6.97. The van der Waals surface area contributed by atoms with Crippen molar-refractivity contribution in [3.8, 4) is 0 Å². The highest BCUT2D eigenvalue weighted by atomic mass is 32.2. The fraction of sp³-hybridized carbons (Fsp3) is 0.500. The predicted molar refractivity (Wildman–Crippen MR) is 56.4 cm³/mol. The minimum absolute atomic E-state index is 0.0771. The summed E-state index contributed by atoms with van der Waals surface area (Å²) in [6, 6.07) is 0. The summed E-state index contributed by atoms with van der Waals surface area (Å²) in [5.74, 6) is -0.0771. The molecule has 0 unspecified atom stereocenters. The largest absolute Gasteiger partial charge is 0.310 e. The molecule has 1 heterocycles. The van der Waals surface area contributed by atoms with Crippen molar-refractivity contribution in [2.45, 2.75) is 13.5 Å². The van der Waals surface area contributed by atoms with Gasteiger partial charge in [-0.05, 0) is 6.92 Å². The summed E-state index contributed by atoms with van der Waals surface area (Å²) in [5, 5.41) is 7.76.